The van der Waals surface area contributed by atoms with Crippen LogP contribution in [0.4, 0.5) is 15.8 Å². The predicted octanol–water partition coefficient (Wildman–Crippen LogP) is 3.29. The highest BCUT2D eigenvalue weighted by atomic mass is 127. The summed E-state index contributed by atoms with van der Waals surface area (Å²) >= 11 is 2.04. The van der Waals surface area contributed by atoms with Crippen LogP contribution in [-0.2, 0) is 4.74 Å². The first-order valence-corrected chi connectivity index (χ1v) is 8.01. The van der Waals surface area contributed by atoms with Crippen LogP contribution in [0.15, 0.2) is 36.7 Å². The summed E-state index contributed by atoms with van der Waals surface area (Å²) < 4.78 is 19.8. The van der Waals surface area contributed by atoms with Crippen molar-refractivity contribution in [2.24, 2.45) is 0 Å². The Morgan fingerprint density at radius 2 is 2.17 bits per heavy atom. The lowest BCUT2D eigenvalue weighted by molar-refractivity contribution is 0.0745. The molecule has 0 spiro atoms. The Kier molecular flexibility index (Phi) is 6.28. The normalized spacial score (nSPS) is 10.4. The van der Waals surface area contributed by atoms with E-state index in [0.29, 0.717) is 30.1 Å². The summed E-state index contributed by atoms with van der Waals surface area (Å²) in [6.45, 7) is 0.914. The first-order chi connectivity index (χ1) is 11.0. The third-order valence-corrected chi connectivity index (χ3v) is 3.90. The Morgan fingerprint density at radius 3 is 2.87 bits per heavy atom. The van der Waals surface area contributed by atoms with Crippen molar-refractivity contribution < 1.29 is 13.9 Å². The van der Waals surface area contributed by atoms with E-state index in [4.69, 9.17) is 4.74 Å². The summed E-state index contributed by atoms with van der Waals surface area (Å²) in [5.74, 6) is -0.565. The van der Waals surface area contributed by atoms with Crippen molar-refractivity contribution in [1.29, 1.82) is 0 Å². The van der Waals surface area contributed by atoms with Gasteiger partial charge in [0.05, 0.1) is 29.7 Å². The standard InChI is InChI=1S/C16H17FIN3O2/c1-21(7-8-23-2)16(22)12-5-6-19-10-15(12)20-14-4-3-11(18)9-13(14)17/h3-6,9-10,20H,7-8H2,1-2H3. The molecule has 0 fully saturated rings. The van der Waals surface area contributed by atoms with E-state index in [2.05, 4.69) is 10.3 Å². The first kappa shape index (κ1) is 17.6. The number of nitrogens with one attached hydrogen (secondary N) is 1. The van der Waals surface area contributed by atoms with Gasteiger partial charge in [0.2, 0.25) is 0 Å². The Morgan fingerprint density at radius 1 is 1.39 bits per heavy atom. The molecule has 0 atom stereocenters. The summed E-state index contributed by atoms with van der Waals surface area (Å²) in [5, 5.41) is 2.94. The van der Waals surface area contributed by atoms with Crippen molar-refractivity contribution in [1.82, 2.24) is 9.88 Å². The highest BCUT2D eigenvalue weighted by Crippen LogP contribution is 2.24. The number of hydrogen-bond acceptors (Lipinski definition) is 4. The van der Waals surface area contributed by atoms with Crippen LogP contribution in [0.25, 0.3) is 0 Å². The lowest BCUT2D eigenvalue weighted by atomic mass is 10.2. The number of carbonyl (C=O) groups excluding carboxylic acids is 1. The fourth-order valence-corrected chi connectivity index (χ4v) is 2.41. The lowest BCUT2D eigenvalue weighted by Crippen LogP contribution is -2.30. The molecule has 0 unspecified atom stereocenters. The van der Waals surface area contributed by atoms with E-state index in [-0.39, 0.29) is 11.7 Å². The zero-order valence-corrected chi connectivity index (χ0v) is 15.0. The molecule has 1 heterocycles. The molecule has 122 valence electrons. The van der Waals surface area contributed by atoms with E-state index in [9.17, 15) is 9.18 Å². The van der Waals surface area contributed by atoms with Gasteiger partial charge in [-0.15, -0.1) is 0 Å². The van der Waals surface area contributed by atoms with Gasteiger partial charge < -0.3 is 15.0 Å². The maximum absolute atomic E-state index is 14.0. The fraction of sp³-hybridized carbons (Fsp3) is 0.250. The highest BCUT2D eigenvalue weighted by Gasteiger charge is 2.16. The second kappa shape index (κ2) is 8.21. The van der Waals surface area contributed by atoms with Gasteiger partial charge in [-0.1, -0.05) is 0 Å². The van der Waals surface area contributed by atoms with Crippen molar-refractivity contribution in [3.8, 4) is 0 Å². The van der Waals surface area contributed by atoms with E-state index >= 15 is 0 Å². The lowest BCUT2D eigenvalue weighted by Gasteiger charge is -2.19. The highest BCUT2D eigenvalue weighted by molar-refractivity contribution is 14.1. The van der Waals surface area contributed by atoms with Crippen LogP contribution in [-0.4, -0.2) is 43.1 Å². The van der Waals surface area contributed by atoms with Crippen molar-refractivity contribution >= 4 is 39.9 Å². The van der Waals surface area contributed by atoms with Crippen LogP contribution in [0.5, 0.6) is 0 Å². The number of ether oxygens (including phenoxy) is 1. The molecular weight excluding hydrogens is 412 g/mol. The first-order valence-electron chi connectivity index (χ1n) is 6.93. The third-order valence-electron chi connectivity index (χ3n) is 3.23. The van der Waals surface area contributed by atoms with Crippen molar-refractivity contribution in [2.75, 3.05) is 32.6 Å². The second-order valence-electron chi connectivity index (χ2n) is 4.89. The van der Waals surface area contributed by atoms with Gasteiger partial charge >= 0.3 is 0 Å². The van der Waals surface area contributed by atoms with Gasteiger partial charge in [-0.2, -0.15) is 0 Å². The molecule has 1 amide bonds. The van der Waals surface area contributed by atoms with Gasteiger partial charge in [-0.25, -0.2) is 4.39 Å². The van der Waals surface area contributed by atoms with Crippen molar-refractivity contribution in [3.63, 3.8) is 0 Å². The predicted molar refractivity (Wildman–Crippen MR) is 95.5 cm³/mol. The molecule has 1 N–H and O–H groups in total. The number of aromatic nitrogens is 1. The topological polar surface area (TPSA) is 54.5 Å². The Bertz CT molecular complexity index is 697. The number of halogens is 2. The van der Waals surface area contributed by atoms with E-state index in [1.807, 2.05) is 22.6 Å². The van der Waals surface area contributed by atoms with Gasteiger partial charge in [0.25, 0.3) is 5.91 Å². The zero-order valence-electron chi connectivity index (χ0n) is 12.8. The number of amides is 1. The zero-order chi connectivity index (χ0) is 16.8. The molecule has 5 nitrogen and oxygen atoms in total. The van der Waals surface area contributed by atoms with E-state index in [1.54, 1.807) is 37.3 Å². The molecule has 1 aromatic carbocycles. The minimum Gasteiger partial charge on any atom is -0.383 e. The Balaban J connectivity index is 2.25. The van der Waals surface area contributed by atoms with Gasteiger partial charge in [-0.05, 0) is 46.9 Å². The number of rotatable bonds is 6. The molecule has 2 aromatic rings. The van der Waals surface area contributed by atoms with Gasteiger partial charge in [-0.3, -0.25) is 9.78 Å². The largest absolute Gasteiger partial charge is 0.383 e. The number of hydrogen-bond donors (Lipinski definition) is 1. The SMILES string of the molecule is COCCN(C)C(=O)c1ccncc1Nc1ccc(I)cc1F. The molecule has 0 radical (unpaired) electrons. The molecule has 1 aromatic heterocycles. The molecule has 23 heavy (non-hydrogen) atoms. The average Bonchev–Trinajstić information content (AvgIpc) is 2.55. The Hall–Kier alpha value is -1.74. The van der Waals surface area contributed by atoms with Crippen LogP contribution in [0.3, 0.4) is 0 Å². The third kappa shape index (κ3) is 4.61. The smallest absolute Gasteiger partial charge is 0.255 e. The van der Waals surface area contributed by atoms with E-state index in [0.717, 1.165) is 3.57 Å². The fourth-order valence-electron chi connectivity index (χ4n) is 1.95. The number of benzene rings is 1. The van der Waals surface area contributed by atoms with Gasteiger partial charge in [0.15, 0.2) is 0 Å². The maximum Gasteiger partial charge on any atom is 0.255 e. The number of nitrogens with zero attached hydrogens (tertiary/aromatic N) is 2. The number of likely N-dealkylation sites (N-methyl/N-ethyl adjacent to an activating group) is 1. The van der Waals surface area contributed by atoms with Crippen molar-refractivity contribution in [3.05, 3.63) is 51.6 Å². The summed E-state index contributed by atoms with van der Waals surface area (Å²) in [5.41, 5.74) is 1.19. The summed E-state index contributed by atoms with van der Waals surface area (Å²) in [6.07, 6.45) is 3.04. The van der Waals surface area contributed by atoms with E-state index < -0.39 is 0 Å². The Labute approximate surface area is 148 Å². The molecular formula is C16H17FIN3O2. The van der Waals surface area contributed by atoms with Crippen molar-refractivity contribution in [2.45, 2.75) is 0 Å². The summed E-state index contributed by atoms with van der Waals surface area (Å²) in [7, 11) is 3.27. The summed E-state index contributed by atoms with van der Waals surface area (Å²) in [6, 6.07) is 6.45. The minimum atomic E-state index is -0.383. The average molecular weight is 429 g/mol. The molecule has 0 bridgehead atoms. The van der Waals surface area contributed by atoms with Gasteiger partial charge in [0, 0.05) is 30.5 Å². The second-order valence-corrected chi connectivity index (χ2v) is 6.14. The van der Waals surface area contributed by atoms with Crippen LogP contribution < -0.4 is 5.32 Å². The van der Waals surface area contributed by atoms with Crippen LogP contribution >= 0.6 is 22.6 Å². The number of methoxy groups -OCH3 is 1. The minimum absolute atomic E-state index is 0.183. The number of pyridine rings is 1. The molecule has 0 aliphatic rings. The van der Waals surface area contributed by atoms with Crippen LogP contribution in [0, 0.1) is 9.39 Å². The summed E-state index contributed by atoms with van der Waals surface area (Å²) in [4.78, 5) is 18.1. The van der Waals surface area contributed by atoms with Gasteiger partial charge in [0.1, 0.15) is 5.82 Å². The monoisotopic (exact) mass is 429 g/mol. The molecule has 0 saturated heterocycles. The molecule has 2 rings (SSSR count). The van der Waals surface area contributed by atoms with E-state index in [1.165, 1.54) is 18.5 Å². The van der Waals surface area contributed by atoms with Crippen LogP contribution in [0.1, 0.15) is 10.4 Å². The quantitative estimate of drug-likeness (QED) is 0.717. The molecule has 0 saturated carbocycles. The molecule has 0 aliphatic carbocycles. The molecule has 7 heteroatoms. The number of carbonyl (C=O) groups is 1. The maximum atomic E-state index is 14.0. The van der Waals surface area contributed by atoms with Crippen LogP contribution in [0.2, 0.25) is 0 Å². The number of anilines is 2. The molecule has 0 aliphatic heterocycles.